The Bertz CT molecular complexity index is 406. The van der Waals surface area contributed by atoms with E-state index in [9.17, 15) is 12.3 Å². The monoisotopic (exact) mass is 266 g/mol. The van der Waals surface area contributed by atoms with Crippen LogP contribution in [0.3, 0.4) is 0 Å². The molecule has 4 aliphatic rings. The van der Waals surface area contributed by atoms with Crippen molar-refractivity contribution in [2.24, 2.45) is 17.3 Å². The highest BCUT2D eigenvalue weighted by Gasteiger charge is 2.58. The lowest BCUT2D eigenvalue weighted by atomic mass is 9.50. The first-order valence-corrected chi connectivity index (χ1v) is 7.82. The number of rotatable bonds is 2. The van der Waals surface area contributed by atoms with Crippen LogP contribution < -0.4 is 0 Å². The van der Waals surface area contributed by atoms with Crippen molar-refractivity contribution in [2.75, 3.05) is 5.75 Å². The van der Waals surface area contributed by atoms with Gasteiger partial charge < -0.3 is 0 Å². The molecule has 4 rings (SSSR count). The van der Waals surface area contributed by atoms with Crippen LogP contribution in [0.15, 0.2) is 0 Å². The third-order valence-electron chi connectivity index (χ3n) is 4.59. The molecule has 5 heteroatoms. The van der Waals surface area contributed by atoms with Crippen LogP contribution in [0.2, 0.25) is 0 Å². The summed E-state index contributed by atoms with van der Waals surface area (Å²) in [4.78, 5) is -0.227. The van der Waals surface area contributed by atoms with E-state index in [2.05, 4.69) is 0 Å². The Kier molecular flexibility index (Phi) is 2.21. The summed E-state index contributed by atoms with van der Waals surface area (Å²) in [6, 6.07) is 0. The molecule has 2 unspecified atom stereocenters. The largest absolute Gasteiger partial charge is 0.302 e. The first-order valence-electron chi connectivity index (χ1n) is 5.89. The summed E-state index contributed by atoms with van der Waals surface area (Å²) in [6.45, 7) is 0. The van der Waals surface area contributed by atoms with E-state index in [0.717, 1.165) is 25.7 Å². The van der Waals surface area contributed by atoms with E-state index in [1.165, 1.54) is 6.42 Å². The summed E-state index contributed by atoms with van der Waals surface area (Å²) in [5, 5.41) is 0. The first kappa shape index (κ1) is 11.3. The van der Waals surface area contributed by atoms with E-state index < -0.39 is 10.2 Å². The van der Waals surface area contributed by atoms with E-state index >= 15 is 0 Å². The molecule has 0 spiro atoms. The Balaban J connectivity index is 1.92. The van der Waals surface area contributed by atoms with E-state index in [0.29, 0.717) is 18.3 Å². The maximum absolute atomic E-state index is 13.0. The van der Waals surface area contributed by atoms with Gasteiger partial charge in [0, 0.05) is 4.87 Å². The number of halogens is 2. The number of hydrogen-bond acceptors (Lipinski definition) is 2. The predicted molar refractivity (Wildman–Crippen MR) is 60.6 cm³/mol. The van der Waals surface area contributed by atoms with E-state index in [1.807, 2.05) is 0 Å². The second-order valence-corrected chi connectivity index (χ2v) is 8.46. The molecule has 0 N–H and O–H groups in total. The molecular weight excluding hydrogens is 251 g/mol. The van der Waals surface area contributed by atoms with Gasteiger partial charge in [-0.25, -0.2) is 0 Å². The van der Waals surface area contributed by atoms with Gasteiger partial charge in [-0.3, -0.25) is 0 Å². The Morgan fingerprint density at radius 2 is 1.75 bits per heavy atom. The molecule has 0 aromatic rings. The molecule has 4 saturated carbocycles. The molecule has 4 bridgehead atoms. The standard InChI is InChI=1S/C11H16ClFO2S/c12-11-4-8-1-9(5-11)3-10(2-8,6-11)7-16(13,14)15/h8-9H,1-7H2. The molecule has 0 aliphatic heterocycles. The van der Waals surface area contributed by atoms with Crippen LogP contribution in [-0.2, 0) is 10.2 Å². The molecule has 0 aromatic heterocycles. The van der Waals surface area contributed by atoms with Gasteiger partial charge in [-0.2, -0.15) is 8.42 Å². The average molecular weight is 267 g/mol. The summed E-state index contributed by atoms with van der Waals surface area (Å²) in [7, 11) is -4.37. The summed E-state index contributed by atoms with van der Waals surface area (Å²) < 4.78 is 34.8. The Labute approximate surface area is 101 Å². The highest BCUT2D eigenvalue weighted by Crippen LogP contribution is 2.64. The Morgan fingerprint density at radius 3 is 2.19 bits per heavy atom. The van der Waals surface area contributed by atoms with Crippen LogP contribution in [0.5, 0.6) is 0 Å². The average Bonchev–Trinajstić information content (AvgIpc) is 1.91. The second kappa shape index (κ2) is 3.14. The molecule has 0 radical (unpaired) electrons. The van der Waals surface area contributed by atoms with Crippen molar-refractivity contribution in [1.82, 2.24) is 0 Å². The zero-order valence-electron chi connectivity index (χ0n) is 9.09. The maximum Gasteiger partial charge on any atom is 0.302 e. The zero-order chi connectivity index (χ0) is 11.6. The molecule has 92 valence electrons. The smallest absolute Gasteiger partial charge is 0.195 e. The molecule has 2 atom stereocenters. The van der Waals surface area contributed by atoms with Crippen LogP contribution in [0, 0.1) is 17.3 Å². The summed E-state index contributed by atoms with van der Waals surface area (Å²) in [5.41, 5.74) is -0.348. The second-order valence-electron chi connectivity index (χ2n) is 6.30. The van der Waals surface area contributed by atoms with Gasteiger partial charge in [0.2, 0.25) is 0 Å². The number of hydrogen-bond donors (Lipinski definition) is 0. The minimum Gasteiger partial charge on any atom is -0.195 e. The van der Waals surface area contributed by atoms with E-state index in [-0.39, 0.29) is 16.0 Å². The third-order valence-corrected chi connectivity index (χ3v) is 5.99. The normalized spacial score (nSPS) is 50.9. The molecule has 0 amide bonds. The third kappa shape index (κ3) is 1.88. The minimum atomic E-state index is -4.37. The van der Waals surface area contributed by atoms with Crippen molar-refractivity contribution in [3.8, 4) is 0 Å². The fraction of sp³-hybridized carbons (Fsp3) is 1.00. The molecule has 4 aliphatic carbocycles. The van der Waals surface area contributed by atoms with Gasteiger partial charge in [0.15, 0.2) is 0 Å². The quantitative estimate of drug-likeness (QED) is 0.569. The molecular formula is C11H16ClFO2S. The highest BCUT2D eigenvalue weighted by atomic mass is 35.5. The van der Waals surface area contributed by atoms with Crippen LogP contribution in [0.4, 0.5) is 3.89 Å². The first-order chi connectivity index (χ1) is 7.28. The van der Waals surface area contributed by atoms with Crippen LogP contribution in [0.1, 0.15) is 38.5 Å². The lowest BCUT2D eigenvalue weighted by molar-refractivity contribution is -0.0263. The minimum absolute atomic E-state index is 0.227. The Hall–Kier alpha value is 0.170. The van der Waals surface area contributed by atoms with Gasteiger partial charge in [-0.15, -0.1) is 15.5 Å². The topological polar surface area (TPSA) is 34.1 Å². The SMILES string of the molecule is O=S(=O)(F)CC12CC3CC(CC(Cl)(C3)C1)C2. The summed E-state index contributed by atoms with van der Waals surface area (Å²) >= 11 is 6.53. The fourth-order valence-corrected chi connectivity index (χ4v) is 6.66. The van der Waals surface area contributed by atoms with Crippen LogP contribution in [0.25, 0.3) is 0 Å². The van der Waals surface area contributed by atoms with Gasteiger partial charge in [-0.1, -0.05) is 0 Å². The zero-order valence-corrected chi connectivity index (χ0v) is 10.7. The van der Waals surface area contributed by atoms with Crippen molar-refractivity contribution in [2.45, 2.75) is 43.4 Å². The van der Waals surface area contributed by atoms with Crippen molar-refractivity contribution >= 4 is 21.8 Å². The van der Waals surface area contributed by atoms with Crippen LogP contribution >= 0.6 is 11.6 Å². The molecule has 0 heterocycles. The molecule has 2 nitrogen and oxygen atoms in total. The fourth-order valence-electron chi connectivity index (χ4n) is 4.87. The van der Waals surface area contributed by atoms with Gasteiger partial charge in [0.1, 0.15) is 0 Å². The molecule has 16 heavy (non-hydrogen) atoms. The van der Waals surface area contributed by atoms with Gasteiger partial charge in [0.25, 0.3) is 0 Å². The molecule has 4 fully saturated rings. The molecule has 0 aromatic carbocycles. The van der Waals surface area contributed by atoms with Gasteiger partial charge in [0.05, 0.1) is 5.75 Å². The van der Waals surface area contributed by atoms with Crippen molar-refractivity contribution in [3.05, 3.63) is 0 Å². The van der Waals surface area contributed by atoms with Crippen LogP contribution in [-0.4, -0.2) is 19.0 Å². The Morgan fingerprint density at radius 1 is 1.19 bits per heavy atom. The van der Waals surface area contributed by atoms with Crippen molar-refractivity contribution in [1.29, 1.82) is 0 Å². The lowest BCUT2D eigenvalue weighted by Crippen LogP contribution is -2.54. The molecule has 0 saturated heterocycles. The summed E-state index contributed by atoms with van der Waals surface area (Å²) in [5.74, 6) is 0.752. The maximum atomic E-state index is 13.0. The van der Waals surface area contributed by atoms with E-state index in [4.69, 9.17) is 11.6 Å². The number of alkyl halides is 1. The van der Waals surface area contributed by atoms with Gasteiger partial charge >= 0.3 is 10.2 Å². The predicted octanol–water partition coefficient (Wildman–Crippen LogP) is 2.86. The van der Waals surface area contributed by atoms with Crippen molar-refractivity contribution < 1.29 is 12.3 Å². The van der Waals surface area contributed by atoms with E-state index in [1.54, 1.807) is 0 Å². The van der Waals surface area contributed by atoms with Crippen molar-refractivity contribution in [3.63, 3.8) is 0 Å². The summed E-state index contributed by atoms with van der Waals surface area (Å²) in [6.07, 6.45) is 5.58. The van der Waals surface area contributed by atoms with Gasteiger partial charge in [-0.05, 0) is 55.8 Å². The lowest BCUT2D eigenvalue weighted by Gasteiger charge is -2.59. The highest BCUT2D eigenvalue weighted by molar-refractivity contribution is 7.86.